The monoisotopic (exact) mass is 745 g/mol. The van der Waals surface area contributed by atoms with Crippen LogP contribution in [-0.2, 0) is 5.41 Å². The molecule has 4 saturated carbocycles. The summed E-state index contributed by atoms with van der Waals surface area (Å²) in [5, 5.41) is 2.68. The van der Waals surface area contributed by atoms with E-state index >= 15 is 0 Å². The molecule has 0 N–H and O–H groups in total. The fourth-order valence-corrected chi connectivity index (χ4v) is 12.5. The van der Waals surface area contributed by atoms with E-state index in [9.17, 15) is 0 Å². The number of fused-ring (bicyclic) bond motifs is 6. The van der Waals surface area contributed by atoms with Gasteiger partial charge in [0.1, 0.15) is 0 Å². The van der Waals surface area contributed by atoms with Crippen molar-refractivity contribution in [2.75, 3.05) is 4.90 Å². The maximum absolute atomic E-state index is 2.54. The van der Waals surface area contributed by atoms with Crippen molar-refractivity contribution in [3.63, 3.8) is 0 Å². The summed E-state index contributed by atoms with van der Waals surface area (Å²) in [6.45, 7) is 4.86. The summed E-state index contributed by atoms with van der Waals surface area (Å²) in [5.74, 6) is 4.02. The van der Waals surface area contributed by atoms with Crippen LogP contribution in [0.15, 0.2) is 121 Å². The third-order valence-electron chi connectivity index (χ3n) is 15.7. The molecule has 0 aliphatic heterocycles. The van der Waals surface area contributed by atoms with Crippen LogP contribution in [0.5, 0.6) is 0 Å². The molecule has 0 aromatic heterocycles. The molecule has 57 heavy (non-hydrogen) atoms. The molecule has 4 fully saturated rings. The van der Waals surface area contributed by atoms with Crippen LogP contribution in [-0.4, -0.2) is 0 Å². The fraction of sp³-hybridized carbons (Fsp3) is 0.393. The van der Waals surface area contributed by atoms with Gasteiger partial charge in [0.15, 0.2) is 0 Å². The Hall–Kier alpha value is -4.62. The molecule has 1 heteroatoms. The Morgan fingerprint density at radius 2 is 1.07 bits per heavy atom. The molecular weight excluding hydrogens is 687 g/mol. The van der Waals surface area contributed by atoms with Crippen molar-refractivity contribution in [3.8, 4) is 22.3 Å². The van der Waals surface area contributed by atoms with Crippen molar-refractivity contribution < 1.29 is 0 Å². The van der Waals surface area contributed by atoms with Gasteiger partial charge in [-0.15, -0.1) is 0 Å². The molecule has 0 radical (unpaired) electrons. The second kappa shape index (κ2) is 14.3. The Morgan fingerprint density at radius 1 is 0.439 bits per heavy atom. The van der Waals surface area contributed by atoms with E-state index < -0.39 is 0 Å². The standard InChI is InChI=1S/C56H59N/c1-56(2)54-30-24-45(41-17-15-40(16-18-41)38-9-5-3-6-10-38)35-53(54)51-29-28-50(36-55(51)56)57(48-25-22-43(23-26-48)52-32-37-13-14-46(52)31-37)49-27-21-42-19-20-44(33-47(42)34-49)39-11-7-4-8-12-39/h15-30,33-39,46,52H,3-14,31-32H2,1-2H3. The van der Waals surface area contributed by atoms with Crippen LogP contribution in [0.4, 0.5) is 17.1 Å². The number of hydrogen-bond donors (Lipinski definition) is 0. The van der Waals surface area contributed by atoms with Gasteiger partial charge >= 0.3 is 0 Å². The zero-order valence-corrected chi connectivity index (χ0v) is 34.3. The molecule has 2 bridgehead atoms. The first-order valence-electron chi connectivity index (χ1n) is 22.8. The first-order valence-corrected chi connectivity index (χ1v) is 22.8. The molecule has 6 aromatic rings. The number of anilines is 3. The Balaban J connectivity index is 0.968. The van der Waals surface area contributed by atoms with Crippen LogP contribution in [0.3, 0.4) is 0 Å². The molecule has 5 aliphatic rings. The molecule has 3 unspecified atom stereocenters. The van der Waals surface area contributed by atoms with Crippen molar-refractivity contribution in [3.05, 3.63) is 149 Å². The summed E-state index contributed by atoms with van der Waals surface area (Å²) in [5.41, 5.74) is 16.5. The van der Waals surface area contributed by atoms with E-state index in [0.717, 1.165) is 23.7 Å². The van der Waals surface area contributed by atoms with Crippen LogP contribution in [0.1, 0.15) is 149 Å². The van der Waals surface area contributed by atoms with E-state index in [1.807, 2.05) is 0 Å². The third kappa shape index (κ3) is 6.36. The van der Waals surface area contributed by atoms with Crippen molar-refractivity contribution in [2.24, 2.45) is 11.8 Å². The molecular formula is C56H59N. The van der Waals surface area contributed by atoms with Gasteiger partial charge in [-0.05, 0) is 178 Å². The summed E-state index contributed by atoms with van der Waals surface area (Å²) >= 11 is 0. The Morgan fingerprint density at radius 3 is 1.79 bits per heavy atom. The van der Waals surface area contributed by atoms with Gasteiger partial charge < -0.3 is 4.90 Å². The highest BCUT2D eigenvalue weighted by molar-refractivity contribution is 5.91. The largest absolute Gasteiger partial charge is 0.310 e. The lowest BCUT2D eigenvalue weighted by Gasteiger charge is -2.29. The Bertz CT molecular complexity index is 2420. The molecule has 3 atom stereocenters. The van der Waals surface area contributed by atoms with Gasteiger partial charge in [0.25, 0.3) is 0 Å². The van der Waals surface area contributed by atoms with Crippen LogP contribution in [0.25, 0.3) is 33.0 Å². The first kappa shape index (κ1) is 35.5. The van der Waals surface area contributed by atoms with E-state index in [0.29, 0.717) is 5.92 Å². The second-order valence-corrected chi connectivity index (χ2v) is 19.4. The summed E-state index contributed by atoms with van der Waals surface area (Å²) in [6, 6.07) is 48.4. The highest BCUT2D eigenvalue weighted by Gasteiger charge is 2.40. The van der Waals surface area contributed by atoms with Gasteiger partial charge in [0, 0.05) is 22.5 Å². The lowest BCUT2D eigenvalue weighted by atomic mass is 9.81. The summed E-state index contributed by atoms with van der Waals surface area (Å²) in [4.78, 5) is 2.54. The number of rotatable bonds is 7. The summed E-state index contributed by atoms with van der Waals surface area (Å²) < 4.78 is 0. The second-order valence-electron chi connectivity index (χ2n) is 19.4. The lowest BCUT2D eigenvalue weighted by Crippen LogP contribution is -2.16. The van der Waals surface area contributed by atoms with Gasteiger partial charge in [0.05, 0.1) is 0 Å². The van der Waals surface area contributed by atoms with Gasteiger partial charge in [-0.3, -0.25) is 0 Å². The molecule has 1 nitrogen and oxygen atoms in total. The van der Waals surface area contributed by atoms with Crippen LogP contribution < -0.4 is 4.90 Å². The number of nitrogens with zero attached hydrogens (tertiary/aromatic N) is 1. The van der Waals surface area contributed by atoms with Crippen molar-refractivity contribution >= 4 is 27.8 Å². The zero-order chi connectivity index (χ0) is 38.1. The van der Waals surface area contributed by atoms with Gasteiger partial charge in [-0.2, -0.15) is 0 Å². The summed E-state index contributed by atoms with van der Waals surface area (Å²) in [6.07, 6.45) is 19.3. The molecule has 288 valence electrons. The lowest BCUT2D eigenvalue weighted by molar-refractivity contribution is 0.420. The van der Waals surface area contributed by atoms with Crippen LogP contribution in [0.2, 0.25) is 0 Å². The topological polar surface area (TPSA) is 3.24 Å². The Kier molecular flexibility index (Phi) is 8.94. The van der Waals surface area contributed by atoms with E-state index in [-0.39, 0.29) is 5.41 Å². The van der Waals surface area contributed by atoms with Crippen molar-refractivity contribution in [2.45, 2.75) is 127 Å². The van der Waals surface area contributed by atoms with Crippen molar-refractivity contribution in [1.29, 1.82) is 0 Å². The van der Waals surface area contributed by atoms with Gasteiger partial charge in [-0.25, -0.2) is 0 Å². The van der Waals surface area contributed by atoms with Gasteiger partial charge in [0.2, 0.25) is 0 Å². The molecule has 0 heterocycles. The normalized spacial score (nSPS) is 22.8. The molecule has 0 amide bonds. The molecule has 6 aromatic carbocycles. The van der Waals surface area contributed by atoms with Crippen LogP contribution >= 0.6 is 0 Å². The molecule has 11 rings (SSSR count). The average molecular weight is 746 g/mol. The maximum atomic E-state index is 2.54. The molecule has 5 aliphatic carbocycles. The predicted molar refractivity (Wildman–Crippen MR) is 241 cm³/mol. The SMILES string of the molecule is CC1(C)c2ccc(-c3ccc(C4CCCCC4)cc3)cc2-c2ccc(N(c3ccc(C4CC5CCC4C5)cc3)c3ccc4ccc(C5CCCCC5)cc4c3)cc21. The average Bonchev–Trinajstić information content (AvgIpc) is 3.97. The number of hydrogen-bond acceptors (Lipinski definition) is 1. The summed E-state index contributed by atoms with van der Waals surface area (Å²) in [7, 11) is 0. The molecule has 0 spiro atoms. The predicted octanol–water partition coefficient (Wildman–Crippen LogP) is 16.3. The smallest absolute Gasteiger partial charge is 0.0468 e. The van der Waals surface area contributed by atoms with E-state index in [4.69, 9.17) is 0 Å². The minimum absolute atomic E-state index is 0.0976. The van der Waals surface area contributed by atoms with Crippen LogP contribution in [0, 0.1) is 11.8 Å². The Labute approximate surface area is 341 Å². The number of benzene rings is 6. The minimum Gasteiger partial charge on any atom is -0.310 e. The minimum atomic E-state index is -0.0976. The van der Waals surface area contributed by atoms with E-state index in [1.54, 1.807) is 5.56 Å². The van der Waals surface area contributed by atoms with E-state index in [2.05, 4.69) is 140 Å². The van der Waals surface area contributed by atoms with Crippen molar-refractivity contribution in [1.82, 2.24) is 0 Å². The highest BCUT2D eigenvalue weighted by atomic mass is 15.1. The quantitative estimate of drug-likeness (QED) is 0.157. The first-order chi connectivity index (χ1) is 28.0. The fourth-order valence-electron chi connectivity index (χ4n) is 12.5. The highest BCUT2D eigenvalue weighted by Crippen LogP contribution is 2.54. The maximum Gasteiger partial charge on any atom is 0.0468 e. The third-order valence-corrected chi connectivity index (χ3v) is 15.7. The molecule has 0 saturated heterocycles. The zero-order valence-electron chi connectivity index (χ0n) is 34.3. The van der Waals surface area contributed by atoms with Gasteiger partial charge in [-0.1, -0.05) is 138 Å². The van der Waals surface area contributed by atoms with E-state index in [1.165, 1.54) is 162 Å².